The standard InChI is InChI=1S/C49H78N2.Ni/c1-7-12-17-20-23-26-31-43-34-41(29-15-10-4)36-45(37-43)48-40(6)47(33-28-25-22-19-14-9-3)49(51(48)50)46-38-42(30-16-11-5)35-44(39-46)32-27-24-21-18-13-8-2;/h34-39H,7-33H2,1-6H3;. The number of nitrogens with zero attached hydrogens (tertiary/aromatic N) is 2. The van der Waals surface area contributed by atoms with Gasteiger partial charge in [-0.05, 0) is 118 Å². The van der Waals surface area contributed by atoms with E-state index in [1.54, 1.807) is 4.70 Å². The van der Waals surface area contributed by atoms with Crippen molar-refractivity contribution in [2.75, 3.05) is 0 Å². The average Bonchev–Trinajstić information content (AvgIpc) is 3.38. The summed E-state index contributed by atoms with van der Waals surface area (Å²) in [6.07, 6.45) is 33.9. The number of unbranched alkanes of at least 4 members (excludes halogenated alkanes) is 17. The third-order valence-corrected chi connectivity index (χ3v) is 11.2. The zero-order chi connectivity index (χ0) is 36.7. The van der Waals surface area contributed by atoms with Gasteiger partial charge in [0.2, 0.25) is 11.4 Å². The first-order chi connectivity index (χ1) is 25.0. The Morgan fingerprint density at radius 2 is 0.692 bits per heavy atom. The maximum absolute atomic E-state index is 12.4. The van der Waals surface area contributed by atoms with Gasteiger partial charge in [-0.2, -0.15) is 0 Å². The monoisotopic (exact) mass is 753 g/mol. The van der Waals surface area contributed by atoms with E-state index in [1.807, 2.05) is 0 Å². The van der Waals surface area contributed by atoms with Crippen molar-refractivity contribution >= 4 is 11.4 Å². The second-order valence-corrected chi connectivity index (χ2v) is 15.9. The van der Waals surface area contributed by atoms with Gasteiger partial charge in [-0.3, -0.25) is 0 Å². The van der Waals surface area contributed by atoms with Gasteiger partial charge in [0.15, 0.2) is 0 Å². The van der Waals surface area contributed by atoms with Crippen LogP contribution in [0.5, 0.6) is 0 Å². The minimum absolute atomic E-state index is 0. The number of hydrogen-bond donors (Lipinski definition) is 0. The van der Waals surface area contributed by atoms with Crippen LogP contribution in [0.2, 0.25) is 0 Å². The first kappa shape index (κ1) is 46.2. The molecule has 0 bridgehead atoms. The summed E-state index contributed by atoms with van der Waals surface area (Å²) in [4.78, 5) is 0. The Hall–Kier alpha value is -1.99. The number of allylic oxidation sites excluding steroid dienone is 2. The minimum Gasteiger partial charge on any atom is -0.493 e. The Labute approximate surface area is 332 Å². The van der Waals surface area contributed by atoms with E-state index in [2.05, 4.69) is 77.9 Å². The van der Waals surface area contributed by atoms with Crippen LogP contribution in [-0.4, -0.2) is 4.70 Å². The summed E-state index contributed by atoms with van der Waals surface area (Å²) in [7, 11) is 0. The van der Waals surface area contributed by atoms with Gasteiger partial charge in [-0.15, -0.1) is 0 Å². The molecular formula is C49H78N2Ni. The van der Waals surface area contributed by atoms with E-state index >= 15 is 0 Å². The quantitative estimate of drug-likeness (QED) is 0.0449. The molecule has 0 atom stereocenters. The molecule has 0 aliphatic carbocycles. The van der Waals surface area contributed by atoms with Gasteiger partial charge in [0, 0.05) is 38.8 Å². The molecule has 0 radical (unpaired) electrons. The van der Waals surface area contributed by atoms with Crippen molar-refractivity contribution in [3.8, 4) is 0 Å². The van der Waals surface area contributed by atoms with Gasteiger partial charge in [-0.1, -0.05) is 156 Å². The first-order valence-corrected chi connectivity index (χ1v) is 22.2. The van der Waals surface area contributed by atoms with Crippen molar-refractivity contribution in [3.63, 3.8) is 0 Å². The zero-order valence-electron chi connectivity index (χ0n) is 34.8. The van der Waals surface area contributed by atoms with E-state index in [4.69, 9.17) is 0 Å². The van der Waals surface area contributed by atoms with Crippen LogP contribution in [0.25, 0.3) is 16.9 Å². The van der Waals surface area contributed by atoms with Crippen LogP contribution in [0.1, 0.15) is 223 Å². The molecule has 0 N–H and O–H groups in total. The Morgan fingerprint density at radius 1 is 0.385 bits per heavy atom. The van der Waals surface area contributed by atoms with Crippen LogP contribution in [0, 0.1) is 0 Å². The van der Waals surface area contributed by atoms with Gasteiger partial charge in [0.25, 0.3) is 0 Å². The summed E-state index contributed by atoms with van der Waals surface area (Å²) < 4.78 is 1.63. The molecule has 2 aromatic rings. The molecule has 0 fully saturated rings. The van der Waals surface area contributed by atoms with Gasteiger partial charge in [0.05, 0.1) is 0 Å². The van der Waals surface area contributed by atoms with Crippen LogP contribution in [0.15, 0.2) is 47.5 Å². The van der Waals surface area contributed by atoms with Crippen molar-refractivity contribution in [1.82, 2.24) is 0 Å². The van der Waals surface area contributed by atoms with Crippen molar-refractivity contribution < 1.29 is 21.2 Å². The van der Waals surface area contributed by atoms with E-state index in [0.717, 1.165) is 43.5 Å². The summed E-state index contributed by atoms with van der Waals surface area (Å²) >= 11 is 0. The molecule has 0 saturated carbocycles. The average molecular weight is 754 g/mol. The zero-order valence-corrected chi connectivity index (χ0v) is 35.8. The van der Waals surface area contributed by atoms with Crippen LogP contribution < -0.4 is 0 Å². The molecule has 2 nitrogen and oxygen atoms in total. The summed E-state index contributed by atoms with van der Waals surface area (Å²) in [6, 6.07) is 14.6. The molecule has 2 aromatic carbocycles. The van der Waals surface area contributed by atoms with E-state index in [0.29, 0.717) is 0 Å². The molecule has 0 amide bonds. The van der Waals surface area contributed by atoms with E-state index in [1.165, 1.54) is 186 Å². The van der Waals surface area contributed by atoms with Gasteiger partial charge < -0.3 is 5.53 Å². The van der Waals surface area contributed by atoms with Crippen molar-refractivity contribution in [3.05, 3.63) is 86.5 Å². The number of hydrogen-bond acceptors (Lipinski definition) is 0. The predicted molar refractivity (Wildman–Crippen MR) is 225 cm³/mol. The third kappa shape index (κ3) is 15.8. The molecule has 52 heavy (non-hydrogen) atoms. The van der Waals surface area contributed by atoms with Crippen LogP contribution in [0.3, 0.4) is 0 Å². The SMILES string of the molecule is CCCCCCCCC1=C(c2cc(CCCC)cc(CCCCCCCC)c2)[N+](=[N-])C(c2cc(CCCC)cc(CCCCCCCC)c2)=C1C.[Ni]. The molecule has 0 aromatic heterocycles. The van der Waals surface area contributed by atoms with Crippen molar-refractivity contribution in [2.45, 2.75) is 215 Å². The van der Waals surface area contributed by atoms with Gasteiger partial charge in [0.1, 0.15) is 0 Å². The Morgan fingerprint density at radius 3 is 1.08 bits per heavy atom. The van der Waals surface area contributed by atoms with E-state index in [9.17, 15) is 5.53 Å². The van der Waals surface area contributed by atoms with E-state index in [-0.39, 0.29) is 16.5 Å². The number of rotatable bonds is 29. The van der Waals surface area contributed by atoms with Crippen LogP contribution in [0.4, 0.5) is 0 Å². The Kier molecular flexibility index (Phi) is 24.5. The number of aryl methyl sites for hydroxylation is 4. The molecular weight excluding hydrogens is 675 g/mol. The maximum atomic E-state index is 12.4. The molecule has 1 aliphatic rings. The molecule has 0 unspecified atom stereocenters. The van der Waals surface area contributed by atoms with Crippen LogP contribution in [-0.2, 0) is 42.2 Å². The Bertz CT molecular complexity index is 1370. The normalized spacial score (nSPS) is 13.1. The molecule has 1 aliphatic heterocycles. The molecule has 294 valence electrons. The van der Waals surface area contributed by atoms with Crippen molar-refractivity contribution in [1.29, 1.82) is 0 Å². The fraction of sp³-hybridized carbons (Fsp3) is 0.673. The molecule has 3 rings (SSSR count). The third-order valence-electron chi connectivity index (χ3n) is 11.2. The van der Waals surface area contributed by atoms with Crippen LogP contribution >= 0.6 is 0 Å². The maximum Gasteiger partial charge on any atom is 0.211 e. The fourth-order valence-electron chi connectivity index (χ4n) is 8.10. The minimum atomic E-state index is 0. The van der Waals surface area contributed by atoms with E-state index < -0.39 is 0 Å². The molecule has 0 saturated heterocycles. The summed E-state index contributed by atoms with van der Waals surface area (Å²) in [6.45, 7) is 13.8. The summed E-state index contributed by atoms with van der Waals surface area (Å²) in [5.41, 5.74) is 25.3. The molecule has 3 heteroatoms. The van der Waals surface area contributed by atoms with Gasteiger partial charge in [-0.25, -0.2) is 4.70 Å². The second-order valence-electron chi connectivity index (χ2n) is 15.9. The predicted octanol–water partition coefficient (Wildman–Crippen LogP) is 16.1. The topological polar surface area (TPSA) is 25.3 Å². The van der Waals surface area contributed by atoms with Crippen molar-refractivity contribution in [2.24, 2.45) is 0 Å². The smallest absolute Gasteiger partial charge is 0.211 e. The largest absolute Gasteiger partial charge is 0.493 e. The molecule has 0 spiro atoms. The second kappa shape index (κ2) is 27.6. The Balaban J connectivity index is 0.00000936. The first-order valence-electron chi connectivity index (χ1n) is 22.2. The molecule has 1 heterocycles. The fourth-order valence-corrected chi connectivity index (χ4v) is 8.10. The summed E-state index contributed by atoms with van der Waals surface area (Å²) in [5, 5.41) is 0. The summed E-state index contributed by atoms with van der Waals surface area (Å²) in [5.74, 6) is 0. The van der Waals surface area contributed by atoms with Gasteiger partial charge >= 0.3 is 0 Å². The number of benzene rings is 2.